The summed E-state index contributed by atoms with van der Waals surface area (Å²) in [5, 5.41) is 3.70. The fourth-order valence-corrected chi connectivity index (χ4v) is 2.81. The predicted molar refractivity (Wildman–Crippen MR) is 75.7 cm³/mol. The Balaban J connectivity index is 1.81. The Morgan fingerprint density at radius 2 is 1.94 bits per heavy atom. The van der Waals surface area contributed by atoms with Crippen LogP contribution in [-0.2, 0) is 0 Å². The molecular weight excluding hydrogens is 248 g/mol. The van der Waals surface area contributed by atoms with E-state index in [-0.39, 0.29) is 5.95 Å². The first-order chi connectivity index (χ1) is 8.67. The Morgan fingerprint density at radius 1 is 1.28 bits per heavy atom. The molecule has 0 saturated heterocycles. The first-order valence-corrected chi connectivity index (χ1v) is 7.09. The quantitative estimate of drug-likeness (QED) is 0.822. The molecule has 1 fully saturated rings. The molecule has 0 amide bonds. The summed E-state index contributed by atoms with van der Waals surface area (Å²) in [5.74, 6) is 2.62. The molecule has 0 radical (unpaired) electrons. The molecule has 1 aromatic heterocycles. The standard InChI is InChI=1S/C13H21ClN4/c1-2-9-3-5-10(6-4-9)8-16-12-7-11(14)17-13(15)18-12/h7,9-10H,2-6,8H2,1H3,(H3,15,16,17,18). The normalized spacial score (nSPS) is 23.9. The highest BCUT2D eigenvalue weighted by Gasteiger charge is 2.19. The van der Waals surface area contributed by atoms with Crippen molar-refractivity contribution < 1.29 is 0 Å². The van der Waals surface area contributed by atoms with Gasteiger partial charge in [0.05, 0.1) is 0 Å². The second kappa shape index (κ2) is 6.23. The molecule has 100 valence electrons. The number of rotatable bonds is 4. The molecule has 1 aliphatic carbocycles. The van der Waals surface area contributed by atoms with Gasteiger partial charge in [0.15, 0.2) is 0 Å². The van der Waals surface area contributed by atoms with Crippen LogP contribution in [0.15, 0.2) is 6.07 Å². The molecular formula is C13H21ClN4. The molecule has 5 heteroatoms. The van der Waals surface area contributed by atoms with Gasteiger partial charge in [0.2, 0.25) is 5.95 Å². The van der Waals surface area contributed by atoms with E-state index in [0.29, 0.717) is 5.15 Å². The summed E-state index contributed by atoms with van der Waals surface area (Å²) >= 11 is 5.84. The molecule has 0 unspecified atom stereocenters. The van der Waals surface area contributed by atoms with Gasteiger partial charge in [-0.05, 0) is 24.7 Å². The van der Waals surface area contributed by atoms with Crippen molar-refractivity contribution in [3.8, 4) is 0 Å². The van der Waals surface area contributed by atoms with Gasteiger partial charge in [-0.2, -0.15) is 4.98 Å². The first kappa shape index (κ1) is 13.4. The number of hydrogen-bond donors (Lipinski definition) is 2. The lowest BCUT2D eigenvalue weighted by atomic mass is 9.81. The molecule has 2 rings (SSSR count). The second-order valence-electron chi connectivity index (χ2n) is 5.11. The minimum absolute atomic E-state index is 0.222. The zero-order chi connectivity index (χ0) is 13.0. The number of nitrogens with two attached hydrogens (primary N) is 1. The van der Waals surface area contributed by atoms with E-state index < -0.39 is 0 Å². The average Bonchev–Trinajstić information content (AvgIpc) is 2.36. The van der Waals surface area contributed by atoms with Crippen LogP contribution in [0.25, 0.3) is 0 Å². The number of halogens is 1. The van der Waals surface area contributed by atoms with Gasteiger partial charge < -0.3 is 11.1 Å². The van der Waals surface area contributed by atoms with Crippen LogP contribution in [0.2, 0.25) is 5.15 Å². The van der Waals surface area contributed by atoms with E-state index in [4.69, 9.17) is 17.3 Å². The number of hydrogen-bond acceptors (Lipinski definition) is 4. The largest absolute Gasteiger partial charge is 0.370 e. The van der Waals surface area contributed by atoms with E-state index >= 15 is 0 Å². The lowest BCUT2D eigenvalue weighted by Gasteiger charge is -2.27. The van der Waals surface area contributed by atoms with Crippen molar-refractivity contribution in [2.45, 2.75) is 39.0 Å². The number of aromatic nitrogens is 2. The predicted octanol–water partition coefficient (Wildman–Crippen LogP) is 3.34. The molecule has 1 aliphatic rings. The third kappa shape index (κ3) is 3.73. The van der Waals surface area contributed by atoms with E-state index in [0.717, 1.165) is 24.2 Å². The minimum atomic E-state index is 0.222. The van der Waals surface area contributed by atoms with Crippen molar-refractivity contribution in [2.75, 3.05) is 17.6 Å². The molecule has 1 aromatic rings. The third-order valence-electron chi connectivity index (χ3n) is 3.83. The second-order valence-corrected chi connectivity index (χ2v) is 5.50. The minimum Gasteiger partial charge on any atom is -0.370 e. The van der Waals surface area contributed by atoms with Gasteiger partial charge in [-0.1, -0.05) is 37.8 Å². The fraction of sp³-hybridized carbons (Fsp3) is 0.692. The van der Waals surface area contributed by atoms with Crippen molar-refractivity contribution in [3.63, 3.8) is 0 Å². The van der Waals surface area contributed by atoms with Gasteiger partial charge in [0.1, 0.15) is 11.0 Å². The summed E-state index contributed by atoms with van der Waals surface area (Å²) in [6.45, 7) is 3.23. The van der Waals surface area contributed by atoms with Gasteiger partial charge in [-0.25, -0.2) is 4.98 Å². The van der Waals surface area contributed by atoms with Crippen LogP contribution in [0, 0.1) is 11.8 Å². The molecule has 18 heavy (non-hydrogen) atoms. The van der Waals surface area contributed by atoms with Crippen LogP contribution in [0.3, 0.4) is 0 Å². The van der Waals surface area contributed by atoms with Gasteiger partial charge in [-0.15, -0.1) is 0 Å². The number of nitrogens with zero attached hydrogens (tertiary/aromatic N) is 2. The molecule has 3 N–H and O–H groups in total. The highest BCUT2D eigenvalue weighted by molar-refractivity contribution is 6.29. The third-order valence-corrected chi connectivity index (χ3v) is 4.02. The summed E-state index contributed by atoms with van der Waals surface area (Å²) in [5.41, 5.74) is 5.56. The number of nitrogens with one attached hydrogen (secondary N) is 1. The maximum Gasteiger partial charge on any atom is 0.223 e. The molecule has 1 saturated carbocycles. The molecule has 0 spiro atoms. The number of anilines is 2. The van der Waals surface area contributed by atoms with Crippen LogP contribution >= 0.6 is 11.6 Å². The van der Waals surface area contributed by atoms with E-state index in [1.807, 2.05) is 0 Å². The highest BCUT2D eigenvalue weighted by Crippen LogP contribution is 2.30. The SMILES string of the molecule is CCC1CCC(CNc2cc(Cl)nc(N)n2)CC1. The summed E-state index contributed by atoms with van der Waals surface area (Å²) < 4.78 is 0. The zero-order valence-corrected chi connectivity index (χ0v) is 11.6. The number of nitrogen functional groups attached to an aromatic ring is 1. The molecule has 0 bridgehead atoms. The van der Waals surface area contributed by atoms with Crippen LogP contribution in [0.4, 0.5) is 11.8 Å². The smallest absolute Gasteiger partial charge is 0.223 e. The first-order valence-electron chi connectivity index (χ1n) is 6.71. The Kier molecular flexibility index (Phi) is 4.64. The lowest BCUT2D eigenvalue weighted by Crippen LogP contribution is -2.21. The maximum atomic E-state index is 5.84. The molecule has 1 heterocycles. The molecule has 0 aromatic carbocycles. The zero-order valence-electron chi connectivity index (χ0n) is 10.8. The summed E-state index contributed by atoms with van der Waals surface area (Å²) in [6.07, 6.45) is 6.64. The average molecular weight is 269 g/mol. The Bertz CT molecular complexity index is 368. The van der Waals surface area contributed by atoms with Gasteiger partial charge >= 0.3 is 0 Å². The molecule has 0 aliphatic heterocycles. The van der Waals surface area contributed by atoms with Gasteiger partial charge in [0.25, 0.3) is 0 Å². The Labute approximate surface area is 113 Å². The van der Waals surface area contributed by atoms with E-state index in [1.54, 1.807) is 6.07 Å². The summed E-state index contributed by atoms with van der Waals surface area (Å²) in [6, 6.07) is 1.72. The van der Waals surface area contributed by atoms with Crippen LogP contribution in [0.1, 0.15) is 39.0 Å². The maximum absolute atomic E-state index is 5.84. The van der Waals surface area contributed by atoms with Crippen molar-refractivity contribution in [3.05, 3.63) is 11.2 Å². The molecule has 4 nitrogen and oxygen atoms in total. The van der Waals surface area contributed by atoms with Crippen LogP contribution in [-0.4, -0.2) is 16.5 Å². The fourth-order valence-electron chi connectivity index (χ4n) is 2.62. The van der Waals surface area contributed by atoms with Crippen LogP contribution in [0.5, 0.6) is 0 Å². The van der Waals surface area contributed by atoms with E-state index in [2.05, 4.69) is 22.2 Å². The summed E-state index contributed by atoms with van der Waals surface area (Å²) in [4.78, 5) is 7.96. The van der Waals surface area contributed by atoms with Crippen molar-refractivity contribution >= 4 is 23.4 Å². The molecule has 0 atom stereocenters. The van der Waals surface area contributed by atoms with E-state index in [9.17, 15) is 0 Å². The van der Waals surface area contributed by atoms with Crippen molar-refractivity contribution in [1.29, 1.82) is 0 Å². The monoisotopic (exact) mass is 268 g/mol. The Hall–Kier alpha value is -1.03. The van der Waals surface area contributed by atoms with E-state index in [1.165, 1.54) is 32.1 Å². The Morgan fingerprint density at radius 3 is 2.56 bits per heavy atom. The van der Waals surface area contributed by atoms with Crippen molar-refractivity contribution in [1.82, 2.24) is 9.97 Å². The highest BCUT2D eigenvalue weighted by atomic mass is 35.5. The topological polar surface area (TPSA) is 63.8 Å². The van der Waals surface area contributed by atoms with Gasteiger partial charge in [0, 0.05) is 12.6 Å². The summed E-state index contributed by atoms with van der Waals surface area (Å²) in [7, 11) is 0. The van der Waals surface area contributed by atoms with Crippen LogP contribution < -0.4 is 11.1 Å². The lowest BCUT2D eigenvalue weighted by molar-refractivity contribution is 0.278. The van der Waals surface area contributed by atoms with Crippen molar-refractivity contribution in [2.24, 2.45) is 11.8 Å². The van der Waals surface area contributed by atoms with Gasteiger partial charge in [-0.3, -0.25) is 0 Å².